The van der Waals surface area contributed by atoms with E-state index in [1.54, 1.807) is 22.7 Å². The monoisotopic (exact) mass is 419 g/mol. The average Bonchev–Trinajstić information content (AvgIpc) is 3.37. The highest BCUT2D eigenvalue weighted by Crippen LogP contribution is 2.38. The standard InChI is InChI=1S/C23H21N3OS2/c1-15-7-6-10-20(24-15)25-21(18-11-12-28-14-18)19-13-16(2)29-23(19)26-22(27)17-8-4-3-5-9-17/h3-14,21H,1-2H3,(H,24,25)(H,26,27). The van der Waals surface area contributed by atoms with Gasteiger partial charge in [-0.1, -0.05) is 24.3 Å². The number of hydrogen-bond donors (Lipinski definition) is 2. The van der Waals surface area contributed by atoms with Crippen LogP contribution in [0.3, 0.4) is 0 Å². The summed E-state index contributed by atoms with van der Waals surface area (Å²) in [5, 5.41) is 11.7. The number of rotatable bonds is 6. The maximum absolute atomic E-state index is 12.8. The number of benzene rings is 1. The minimum atomic E-state index is -0.105. The number of nitrogens with one attached hydrogen (secondary N) is 2. The number of nitrogens with zero attached hydrogens (tertiary/aromatic N) is 1. The second kappa shape index (κ2) is 8.59. The van der Waals surface area contributed by atoms with Crippen LogP contribution >= 0.6 is 22.7 Å². The molecular formula is C23H21N3OS2. The lowest BCUT2D eigenvalue weighted by Gasteiger charge is -2.20. The van der Waals surface area contributed by atoms with Crippen molar-refractivity contribution in [2.45, 2.75) is 19.9 Å². The highest BCUT2D eigenvalue weighted by Gasteiger charge is 2.22. The number of hydrogen-bond acceptors (Lipinski definition) is 5. The molecule has 0 aliphatic rings. The maximum Gasteiger partial charge on any atom is 0.256 e. The summed E-state index contributed by atoms with van der Waals surface area (Å²) in [4.78, 5) is 18.5. The predicted octanol–water partition coefficient (Wildman–Crippen LogP) is 6.28. The second-order valence-corrected chi connectivity index (χ2v) is 8.80. The Morgan fingerprint density at radius 1 is 1.03 bits per heavy atom. The van der Waals surface area contributed by atoms with Crippen molar-refractivity contribution in [3.63, 3.8) is 0 Å². The minimum absolute atomic E-state index is 0.105. The molecule has 3 aromatic heterocycles. The van der Waals surface area contributed by atoms with Crippen molar-refractivity contribution in [1.82, 2.24) is 4.98 Å². The van der Waals surface area contributed by atoms with E-state index in [1.165, 1.54) is 0 Å². The third kappa shape index (κ3) is 4.55. The number of carbonyl (C=O) groups is 1. The number of carbonyl (C=O) groups excluding carboxylic acids is 1. The first-order chi connectivity index (χ1) is 14.1. The van der Waals surface area contributed by atoms with Gasteiger partial charge in [0.05, 0.1) is 6.04 Å². The van der Waals surface area contributed by atoms with Crippen molar-refractivity contribution in [1.29, 1.82) is 0 Å². The smallest absolute Gasteiger partial charge is 0.256 e. The van der Waals surface area contributed by atoms with E-state index in [-0.39, 0.29) is 11.9 Å². The Kier molecular flexibility index (Phi) is 5.74. The van der Waals surface area contributed by atoms with Crippen molar-refractivity contribution in [3.8, 4) is 0 Å². The molecule has 6 heteroatoms. The molecule has 0 spiro atoms. The molecule has 4 nitrogen and oxygen atoms in total. The number of pyridine rings is 1. The molecule has 1 atom stereocenters. The van der Waals surface area contributed by atoms with Gasteiger partial charge in [0.15, 0.2) is 0 Å². The number of anilines is 2. The van der Waals surface area contributed by atoms with Crippen LogP contribution in [0.2, 0.25) is 0 Å². The zero-order chi connectivity index (χ0) is 20.2. The molecule has 0 radical (unpaired) electrons. The van der Waals surface area contributed by atoms with Crippen molar-refractivity contribution < 1.29 is 4.79 Å². The topological polar surface area (TPSA) is 54.0 Å². The fourth-order valence-corrected chi connectivity index (χ4v) is 4.79. The van der Waals surface area contributed by atoms with E-state index in [9.17, 15) is 4.79 Å². The van der Waals surface area contributed by atoms with Gasteiger partial charge in [-0.05, 0) is 66.6 Å². The number of aromatic nitrogens is 1. The van der Waals surface area contributed by atoms with Crippen molar-refractivity contribution in [2.75, 3.05) is 10.6 Å². The highest BCUT2D eigenvalue weighted by atomic mass is 32.1. The molecule has 2 N–H and O–H groups in total. The van der Waals surface area contributed by atoms with E-state index in [0.717, 1.165) is 32.5 Å². The Bertz CT molecular complexity index is 1100. The van der Waals surface area contributed by atoms with Crippen molar-refractivity contribution >= 4 is 39.4 Å². The van der Waals surface area contributed by atoms with E-state index in [4.69, 9.17) is 0 Å². The lowest BCUT2D eigenvalue weighted by Crippen LogP contribution is -2.16. The molecule has 1 amide bonds. The summed E-state index contributed by atoms with van der Waals surface area (Å²) in [7, 11) is 0. The van der Waals surface area contributed by atoms with E-state index in [2.05, 4.69) is 45.4 Å². The fraction of sp³-hybridized carbons (Fsp3) is 0.130. The van der Waals surface area contributed by atoms with Crippen LogP contribution in [-0.2, 0) is 0 Å². The van der Waals surface area contributed by atoms with Crippen molar-refractivity contribution in [3.05, 3.63) is 98.7 Å². The number of thiophene rings is 2. The average molecular weight is 420 g/mol. The molecule has 0 bridgehead atoms. The Labute approximate surface area is 178 Å². The Morgan fingerprint density at radius 3 is 2.59 bits per heavy atom. The van der Waals surface area contributed by atoms with Gasteiger partial charge in [-0.15, -0.1) is 11.3 Å². The molecule has 4 rings (SSSR count). The molecule has 0 saturated heterocycles. The van der Waals surface area contributed by atoms with Crippen LogP contribution in [0.15, 0.2) is 71.4 Å². The molecule has 0 aliphatic carbocycles. The summed E-state index contributed by atoms with van der Waals surface area (Å²) in [6.45, 7) is 4.03. The Balaban J connectivity index is 1.69. The quantitative estimate of drug-likeness (QED) is 0.387. The van der Waals surface area contributed by atoms with Crippen LogP contribution < -0.4 is 10.6 Å². The zero-order valence-corrected chi connectivity index (χ0v) is 17.8. The summed E-state index contributed by atoms with van der Waals surface area (Å²) < 4.78 is 0. The first-order valence-corrected chi connectivity index (χ1v) is 11.0. The highest BCUT2D eigenvalue weighted by molar-refractivity contribution is 7.16. The van der Waals surface area contributed by atoms with Gasteiger partial charge in [-0.3, -0.25) is 4.79 Å². The summed E-state index contributed by atoms with van der Waals surface area (Å²) in [5.41, 5.74) is 3.79. The van der Waals surface area contributed by atoms with E-state index < -0.39 is 0 Å². The lowest BCUT2D eigenvalue weighted by atomic mass is 10.0. The summed E-state index contributed by atoms with van der Waals surface area (Å²) in [6.07, 6.45) is 0. The minimum Gasteiger partial charge on any atom is -0.359 e. The fourth-order valence-electron chi connectivity index (χ4n) is 3.16. The molecule has 4 aromatic rings. The maximum atomic E-state index is 12.8. The molecule has 0 aliphatic heterocycles. The van der Waals surface area contributed by atoms with Gasteiger partial charge < -0.3 is 10.6 Å². The van der Waals surface area contributed by atoms with Gasteiger partial charge >= 0.3 is 0 Å². The third-order valence-electron chi connectivity index (χ3n) is 4.52. The van der Waals surface area contributed by atoms with E-state index >= 15 is 0 Å². The van der Waals surface area contributed by atoms with Crippen LogP contribution in [0.25, 0.3) is 0 Å². The largest absolute Gasteiger partial charge is 0.359 e. The summed E-state index contributed by atoms with van der Waals surface area (Å²) in [5.74, 6) is 0.705. The third-order valence-corrected chi connectivity index (χ3v) is 6.20. The van der Waals surface area contributed by atoms with Gasteiger partial charge in [0, 0.05) is 21.7 Å². The Hall–Kier alpha value is -2.96. The van der Waals surface area contributed by atoms with E-state index in [1.807, 2.05) is 55.5 Å². The normalized spacial score (nSPS) is 11.8. The molecule has 3 heterocycles. The lowest BCUT2D eigenvalue weighted by molar-refractivity contribution is 0.102. The van der Waals surface area contributed by atoms with Gasteiger partial charge in [0.25, 0.3) is 5.91 Å². The SMILES string of the molecule is Cc1cccc(NC(c2ccsc2)c2cc(C)sc2NC(=O)c2ccccc2)n1. The molecule has 0 fully saturated rings. The summed E-state index contributed by atoms with van der Waals surface area (Å²) >= 11 is 3.24. The van der Waals surface area contributed by atoms with Crippen molar-refractivity contribution in [2.24, 2.45) is 0 Å². The van der Waals surface area contributed by atoms with Gasteiger partial charge in [0.2, 0.25) is 0 Å². The summed E-state index contributed by atoms with van der Waals surface area (Å²) in [6, 6.07) is 19.4. The second-order valence-electron chi connectivity index (χ2n) is 6.76. The van der Waals surface area contributed by atoms with E-state index in [0.29, 0.717) is 5.56 Å². The molecule has 29 heavy (non-hydrogen) atoms. The molecule has 0 saturated carbocycles. The van der Waals surface area contributed by atoms with Crippen LogP contribution in [0.4, 0.5) is 10.8 Å². The van der Waals surface area contributed by atoms with Crippen LogP contribution in [0, 0.1) is 13.8 Å². The molecule has 1 unspecified atom stereocenters. The molecular weight excluding hydrogens is 398 g/mol. The van der Waals surface area contributed by atoms with Crippen LogP contribution in [-0.4, -0.2) is 10.9 Å². The van der Waals surface area contributed by atoms with Gasteiger partial charge in [-0.2, -0.15) is 11.3 Å². The Morgan fingerprint density at radius 2 is 1.86 bits per heavy atom. The predicted molar refractivity (Wildman–Crippen MR) is 122 cm³/mol. The van der Waals surface area contributed by atoms with Crippen LogP contribution in [0.1, 0.15) is 38.1 Å². The van der Waals surface area contributed by atoms with Gasteiger partial charge in [0.1, 0.15) is 10.8 Å². The van der Waals surface area contributed by atoms with Crippen LogP contribution in [0.5, 0.6) is 0 Å². The first-order valence-electron chi connectivity index (χ1n) is 9.29. The van der Waals surface area contributed by atoms with Gasteiger partial charge in [-0.25, -0.2) is 4.98 Å². The first kappa shape index (κ1) is 19.4. The molecule has 1 aromatic carbocycles. The molecule has 146 valence electrons. The number of amides is 1. The number of aryl methyl sites for hydroxylation is 2. The zero-order valence-electron chi connectivity index (χ0n) is 16.2.